The van der Waals surface area contributed by atoms with E-state index in [9.17, 15) is 4.79 Å². The Bertz CT molecular complexity index is 460. The van der Waals surface area contributed by atoms with Gasteiger partial charge < -0.3 is 15.4 Å². The molecular formula is C16H24N2O2. The van der Waals surface area contributed by atoms with Gasteiger partial charge in [-0.3, -0.25) is 4.79 Å². The van der Waals surface area contributed by atoms with Crippen molar-refractivity contribution in [2.24, 2.45) is 5.92 Å². The quantitative estimate of drug-likeness (QED) is 0.889. The van der Waals surface area contributed by atoms with Crippen molar-refractivity contribution in [3.63, 3.8) is 0 Å². The highest BCUT2D eigenvalue weighted by Crippen LogP contribution is 2.26. The summed E-state index contributed by atoms with van der Waals surface area (Å²) in [7, 11) is 0. The monoisotopic (exact) mass is 276 g/mol. The van der Waals surface area contributed by atoms with Crippen molar-refractivity contribution in [2.45, 2.75) is 45.8 Å². The van der Waals surface area contributed by atoms with Crippen molar-refractivity contribution in [1.29, 1.82) is 0 Å². The molecule has 2 atom stereocenters. The highest BCUT2D eigenvalue weighted by Gasteiger charge is 2.25. The number of anilines is 1. The molecule has 4 heteroatoms. The molecule has 1 fully saturated rings. The molecule has 1 saturated heterocycles. The summed E-state index contributed by atoms with van der Waals surface area (Å²) in [5, 5.41) is 6.38. The van der Waals surface area contributed by atoms with E-state index >= 15 is 0 Å². The average molecular weight is 276 g/mol. The fourth-order valence-electron chi connectivity index (χ4n) is 2.53. The molecule has 0 bridgehead atoms. The van der Waals surface area contributed by atoms with Crippen molar-refractivity contribution in [3.05, 3.63) is 24.3 Å². The first-order chi connectivity index (χ1) is 9.56. The van der Waals surface area contributed by atoms with E-state index in [4.69, 9.17) is 4.74 Å². The van der Waals surface area contributed by atoms with E-state index in [0.717, 1.165) is 30.8 Å². The van der Waals surface area contributed by atoms with E-state index in [2.05, 4.69) is 17.6 Å². The van der Waals surface area contributed by atoms with Crippen LogP contribution in [0, 0.1) is 5.92 Å². The molecule has 1 amide bonds. The number of hydrogen-bond donors (Lipinski definition) is 2. The van der Waals surface area contributed by atoms with Gasteiger partial charge in [0.25, 0.3) is 0 Å². The Morgan fingerprint density at radius 2 is 2.15 bits per heavy atom. The lowest BCUT2D eigenvalue weighted by molar-refractivity contribution is -0.120. The van der Waals surface area contributed by atoms with Crippen molar-refractivity contribution in [1.82, 2.24) is 5.32 Å². The number of carbonyl (C=O) groups is 1. The summed E-state index contributed by atoms with van der Waals surface area (Å²) in [4.78, 5) is 12.4. The molecule has 4 nitrogen and oxygen atoms in total. The zero-order valence-corrected chi connectivity index (χ0v) is 12.5. The van der Waals surface area contributed by atoms with Crippen LogP contribution in [-0.2, 0) is 4.79 Å². The van der Waals surface area contributed by atoms with Gasteiger partial charge in [-0.15, -0.1) is 0 Å². The van der Waals surface area contributed by atoms with Crippen molar-refractivity contribution < 1.29 is 9.53 Å². The number of hydrogen-bond acceptors (Lipinski definition) is 3. The fourth-order valence-corrected chi connectivity index (χ4v) is 2.53. The number of para-hydroxylation sites is 2. The molecule has 0 radical (unpaired) electrons. The maximum atomic E-state index is 12.4. The first-order valence-electron chi connectivity index (χ1n) is 7.36. The Kier molecular flexibility index (Phi) is 5.01. The van der Waals surface area contributed by atoms with Gasteiger partial charge in [0.2, 0.25) is 5.91 Å². The van der Waals surface area contributed by atoms with Gasteiger partial charge in [0.1, 0.15) is 5.75 Å². The van der Waals surface area contributed by atoms with Crippen LogP contribution in [0.3, 0.4) is 0 Å². The van der Waals surface area contributed by atoms with E-state index in [1.807, 2.05) is 38.1 Å². The van der Waals surface area contributed by atoms with Crippen LogP contribution in [-0.4, -0.2) is 24.6 Å². The van der Waals surface area contributed by atoms with Gasteiger partial charge in [-0.05, 0) is 52.3 Å². The topological polar surface area (TPSA) is 50.4 Å². The van der Waals surface area contributed by atoms with Gasteiger partial charge in [-0.2, -0.15) is 0 Å². The fraction of sp³-hybridized carbons (Fsp3) is 0.562. The van der Waals surface area contributed by atoms with Gasteiger partial charge >= 0.3 is 0 Å². The van der Waals surface area contributed by atoms with E-state index in [-0.39, 0.29) is 17.9 Å². The van der Waals surface area contributed by atoms with Gasteiger partial charge in [-0.1, -0.05) is 12.1 Å². The SMILES string of the molecule is CC1CC(C(=O)Nc2ccccc2OC(C)C)CCN1. The van der Waals surface area contributed by atoms with Crippen molar-refractivity contribution >= 4 is 11.6 Å². The third-order valence-corrected chi connectivity index (χ3v) is 3.50. The lowest BCUT2D eigenvalue weighted by Gasteiger charge is -2.27. The van der Waals surface area contributed by atoms with Gasteiger partial charge in [0.15, 0.2) is 0 Å². The minimum absolute atomic E-state index is 0.0818. The summed E-state index contributed by atoms with van der Waals surface area (Å²) in [6.07, 6.45) is 1.87. The molecule has 20 heavy (non-hydrogen) atoms. The minimum Gasteiger partial charge on any atom is -0.489 e. The van der Waals surface area contributed by atoms with Crippen LogP contribution in [0.15, 0.2) is 24.3 Å². The summed E-state index contributed by atoms with van der Waals surface area (Å²) in [5.74, 6) is 0.911. The molecule has 0 aliphatic carbocycles. The molecule has 0 spiro atoms. The molecule has 1 aliphatic heterocycles. The molecular weight excluding hydrogens is 252 g/mol. The van der Waals surface area contributed by atoms with Gasteiger partial charge in [0.05, 0.1) is 11.8 Å². The van der Waals surface area contributed by atoms with Crippen LogP contribution < -0.4 is 15.4 Å². The number of rotatable bonds is 4. The average Bonchev–Trinajstić information content (AvgIpc) is 2.40. The molecule has 2 rings (SSSR count). The number of carbonyl (C=O) groups excluding carboxylic acids is 1. The van der Waals surface area contributed by atoms with Gasteiger partial charge in [0, 0.05) is 12.0 Å². The highest BCUT2D eigenvalue weighted by atomic mass is 16.5. The Labute approximate surface area is 120 Å². The summed E-state index contributed by atoms with van der Waals surface area (Å²) in [6, 6.07) is 8.01. The number of ether oxygens (including phenoxy) is 1. The summed E-state index contributed by atoms with van der Waals surface area (Å²) in [6.45, 7) is 6.98. The van der Waals surface area contributed by atoms with Crippen molar-refractivity contribution in [2.75, 3.05) is 11.9 Å². The van der Waals surface area contributed by atoms with E-state index in [1.54, 1.807) is 0 Å². The maximum Gasteiger partial charge on any atom is 0.227 e. The third kappa shape index (κ3) is 3.97. The summed E-state index contributed by atoms with van der Waals surface area (Å²) >= 11 is 0. The zero-order chi connectivity index (χ0) is 14.5. The van der Waals surface area contributed by atoms with Crippen LogP contribution in [0.1, 0.15) is 33.6 Å². The van der Waals surface area contributed by atoms with Crippen LogP contribution in [0.5, 0.6) is 5.75 Å². The largest absolute Gasteiger partial charge is 0.489 e. The molecule has 110 valence electrons. The number of piperidine rings is 1. The second-order valence-corrected chi connectivity index (χ2v) is 5.73. The molecule has 1 aromatic rings. The second-order valence-electron chi connectivity index (χ2n) is 5.73. The molecule has 1 aliphatic rings. The maximum absolute atomic E-state index is 12.4. The Balaban J connectivity index is 2.03. The molecule has 2 N–H and O–H groups in total. The van der Waals surface area contributed by atoms with Crippen LogP contribution in [0.25, 0.3) is 0 Å². The number of amides is 1. The predicted molar refractivity (Wildman–Crippen MR) is 81.0 cm³/mol. The number of benzene rings is 1. The van der Waals surface area contributed by atoms with E-state index < -0.39 is 0 Å². The third-order valence-electron chi connectivity index (χ3n) is 3.50. The summed E-state index contributed by atoms with van der Waals surface area (Å²) in [5.41, 5.74) is 0.761. The van der Waals surface area contributed by atoms with Crippen molar-refractivity contribution in [3.8, 4) is 5.75 Å². The summed E-state index contributed by atoms with van der Waals surface area (Å²) < 4.78 is 5.73. The Hall–Kier alpha value is -1.55. The molecule has 1 aromatic carbocycles. The Morgan fingerprint density at radius 1 is 1.40 bits per heavy atom. The van der Waals surface area contributed by atoms with Crippen LogP contribution >= 0.6 is 0 Å². The van der Waals surface area contributed by atoms with E-state index in [1.165, 1.54) is 0 Å². The Morgan fingerprint density at radius 3 is 2.85 bits per heavy atom. The zero-order valence-electron chi connectivity index (χ0n) is 12.5. The van der Waals surface area contributed by atoms with Crippen LogP contribution in [0.4, 0.5) is 5.69 Å². The minimum atomic E-state index is 0.0818. The molecule has 2 unspecified atom stereocenters. The first kappa shape index (κ1) is 14.9. The normalized spacial score (nSPS) is 22.6. The lowest BCUT2D eigenvalue weighted by atomic mass is 9.92. The standard InChI is InChI=1S/C16H24N2O2/c1-11(2)20-15-7-5-4-6-14(15)18-16(19)13-8-9-17-12(3)10-13/h4-7,11-13,17H,8-10H2,1-3H3,(H,18,19). The van der Waals surface area contributed by atoms with E-state index in [0.29, 0.717) is 6.04 Å². The van der Waals surface area contributed by atoms with Gasteiger partial charge in [-0.25, -0.2) is 0 Å². The molecule has 0 saturated carbocycles. The first-order valence-corrected chi connectivity index (χ1v) is 7.36. The van der Waals surface area contributed by atoms with Crippen LogP contribution in [0.2, 0.25) is 0 Å². The predicted octanol–water partition coefficient (Wildman–Crippen LogP) is 2.80. The highest BCUT2D eigenvalue weighted by molar-refractivity contribution is 5.94. The number of nitrogens with one attached hydrogen (secondary N) is 2. The molecule has 0 aromatic heterocycles. The lowest BCUT2D eigenvalue weighted by Crippen LogP contribution is -2.40. The smallest absolute Gasteiger partial charge is 0.227 e. The second kappa shape index (κ2) is 6.75. The molecule has 1 heterocycles.